The number of rotatable bonds is 8. The van der Waals surface area contributed by atoms with E-state index in [2.05, 4.69) is 31.0 Å². The van der Waals surface area contributed by atoms with Gasteiger partial charge in [0.2, 0.25) is 5.91 Å². The SMILES string of the molecule is Cc1nocc1C(=O)NC(C)(C(=O)Nc1ccc(-c2c(C)n[nH]c2C)nc1)C(C1CC1)C1CC1. The summed E-state index contributed by atoms with van der Waals surface area (Å²) in [6.45, 7) is 7.45. The van der Waals surface area contributed by atoms with Crippen LogP contribution < -0.4 is 10.6 Å². The highest BCUT2D eigenvalue weighted by atomic mass is 16.5. The van der Waals surface area contributed by atoms with Crippen LogP contribution >= 0.6 is 0 Å². The minimum Gasteiger partial charge on any atom is -0.364 e. The third kappa shape index (κ3) is 4.10. The van der Waals surface area contributed by atoms with Crippen molar-refractivity contribution in [1.29, 1.82) is 0 Å². The number of hydrogen-bond acceptors (Lipinski definition) is 6. The third-order valence-electron chi connectivity index (χ3n) is 7.17. The monoisotopic (exact) mass is 462 g/mol. The molecular formula is C25H30N6O3. The van der Waals surface area contributed by atoms with Crippen LogP contribution in [0, 0.1) is 38.5 Å². The van der Waals surface area contributed by atoms with Gasteiger partial charge in [-0.2, -0.15) is 5.10 Å². The molecule has 0 radical (unpaired) electrons. The maximum atomic E-state index is 13.7. The Morgan fingerprint density at radius 3 is 2.32 bits per heavy atom. The first kappa shape index (κ1) is 22.3. The van der Waals surface area contributed by atoms with Crippen LogP contribution in [0.5, 0.6) is 0 Å². The van der Waals surface area contributed by atoms with Crippen molar-refractivity contribution < 1.29 is 14.1 Å². The molecule has 3 aromatic heterocycles. The normalized spacial score (nSPS) is 17.4. The van der Waals surface area contributed by atoms with Crippen molar-refractivity contribution in [3.63, 3.8) is 0 Å². The topological polar surface area (TPSA) is 126 Å². The van der Waals surface area contributed by atoms with Gasteiger partial charge in [-0.25, -0.2) is 0 Å². The van der Waals surface area contributed by atoms with E-state index >= 15 is 0 Å². The maximum absolute atomic E-state index is 13.7. The average molecular weight is 463 g/mol. The number of aryl methyl sites for hydroxylation is 3. The molecule has 0 bridgehead atoms. The molecule has 0 aromatic carbocycles. The number of pyridine rings is 1. The fourth-order valence-electron chi connectivity index (χ4n) is 5.15. The fourth-order valence-corrected chi connectivity index (χ4v) is 5.15. The second-order valence-corrected chi connectivity index (χ2v) is 9.87. The molecule has 2 aliphatic rings. The molecule has 34 heavy (non-hydrogen) atoms. The van der Waals surface area contributed by atoms with E-state index in [-0.39, 0.29) is 17.7 Å². The number of aromatic amines is 1. The molecule has 0 aliphatic heterocycles. The van der Waals surface area contributed by atoms with Crippen LogP contribution in [0.4, 0.5) is 5.69 Å². The molecule has 2 aliphatic carbocycles. The smallest absolute Gasteiger partial charge is 0.257 e. The van der Waals surface area contributed by atoms with Gasteiger partial charge in [-0.3, -0.25) is 19.7 Å². The number of amides is 2. The number of carbonyl (C=O) groups is 2. The first-order chi connectivity index (χ1) is 16.3. The fraction of sp³-hybridized carbons (Fsp3) is 0.480. The highest BCUT2D eigenvalue weighted by Gasteiger charge is 2.55. The zero-order valence-corrected chi connectivity index (χ0v) is 19.9. The predicted molar refractivity (Wildman–Crippen MR) is 126 cm³/mol. The van der Waals surface area contributed by atoms with Crippen LogP contribution in [0.15, 0.2) is 29.1 Å². The second kappa shape index (κ2) is 8.38. The highest BCUT2D eigenvalue weighted by Crippen LogP contribution is 2.53. The molecule has 2 amide bonds. The second-order valence-electron chi connectivity index (χ2n) is 9.87. The molecular weight excluding hydrogens is 432 g/mol. The summed E-state index contributed by atoms with van der Waals surface area (Å²) in [5.41, 5.74) is 3.92. The maximum Gasteiger partial charge on any atom is 0.257 e. The lowest BCUT2D eigenvalue weighted by Gasteiger charge is -2.37. The molecule has 2 fully saturated rings. The largest absolute Gasteiger partial charge is 0.364 e. The van der Waals surface area contributed by atoms with Gasteiger partial charge in [0.15, 0.2) is 0 Å². The Morgan fingerprint density at radius 2 is 1.82 bits per heavy atom. The molecule has 1 atom stereocenters. The number of anilines is 1. The van der Waals surface area contributed by atoms with E-state index in [4.69, 9.17) is 4.52 Å². The van der Waals surface area contributed by atoms with Crippen molar-refractivity contribution in [1.82, 2.24) is 25.7 Å². The summed E-state index contributed by atoms with van der Waals surface area (Å²) in [5, 5.41) is 17.1. The molecule has 178 valence electrons. The van der Waals surface area contributed by atoms with E-state index in [1.807, 2.05) is 32.9 Å². The number of carbonyl (C=O) groups excluding carboxylic acids is 2. The lowest BCUT2D eigenvalue weighted by Crippen LogP contribution is -2.60. The molecule has 3 heterocycles. The van der Waals surface area contributed by atoms with E-state index in [9.17, 15) is 9.59 Å². The summed E-state index contributed by atoms with van der Waals surface area (Å²) in [6.07, 6.45) is 7.33. The zero-order valence-electron chi connectivity index (χ0n) is 19.9. The summed E-state index contributed by atoms with van der Waals surface area (Å²) in [5.74, 6) is 0.394. The van der Waals surface area contributed by atoms with Crippen LogP contribution in [-0.4, -0.2) is 37.7 Å². The van der Waals surface area contributed by atoms with Crippen molar-refractivity contribution in [2.75, 3.05) is 5.32 Å². The Labute approximate surface area is 198 Å². The number of nitrogens with one attached hydrogen (secondary N) is 3. The quantitative estimate of drug-likeness (QED) is 0.465. The molecule has 9 nitrogen and oxygen atoms in total. The Kier molecular flexibility index (Phi) is 5.50. The lowest BCUT2D eigenvalue weighted by atomic mass is 9.77. The number of aromatic nitrogens is 4. The van der Waals surface area contributed by atoms with Crippen LogP contribution in [0.1, 0.15) is 60.0 Å². The van der Waals surface area contributed by atoms with Gasteiger partial charge in [0.05, 0.1) is 29.0 Å². The summed E-state index contributed by atoms with van der Waals surface area (Å²) in [7, 11) is 0. The average Bonchev–Trinajstić information content (AvgIpc) is 3.73. The minimum atomic E-state index is -1.07. The Bertz CT molecular complexity index is 1190. The molecule has 2 saturated carbocycles. The first-order valence-corrected chi connectivity index (χ1v) is 11.8. The number of hydrogen-bond donors (Lipinski definition) is 3. The Morgan fingerprint density at radius 1 is 1.12 bits per heavy atom. The van der Waals surface area contributed by atoms with Gasteiger partial charge < -0.3 is 15.2 Å². The summed E-state index contributed by atoms with van der Waals surface area (Å²) in [4.78, 5) is 31.4. The van der Waals surface area contributed by atoms with Crippen molar-refractivity contribution in [3.05, 3.63) is 47.2 Å². The van der Waals surface area contributed by atoms with Gasteiger partial charge in [0.25, 0.3) is 5.91 Å². The molecule has 0 spiro atoms. The Hall–Kier alpha value is -3.49. The molecule has 3 aromatic rings. The van der Waals surface area contributed by atoms with Crippen LogP contribution in [-0.2, 0) is 4.79 Å². The summed E-state index contributed by atoms with van der Waals surface area (Å²) >= 11 is 0. The minimum absolute atomic E-state index is 0.0834. The van der Waals surface area contributed by atoms with Gasteiger partial charge in [-0.15, -0.1) is 0 Å². The predicted octanol–water partition coefficient (Wildman–Crippen LogP) is 3.95. The summed E-state index contributed by atoms with van der Waals surface area (Å²) < 4.78 is 4.95. The molecule has 1 unspecified atom stereocenters. The molecule has 5 rings (SSSR count). The highest BCUT2D eigenvalue weighted by molar-refractivity contribution is 6.04. The molecule has 9 heteroatoms. The van der Waals surface area contributed by atoms with Crippen molar-refractivity contribution in [2.24, 2.45) is 17.8 Å². The van der Waals surface area contributed by atoms with Crippen LogP contribution in [0.25, 0.3) is 11.3 Å². The van der Waals surface area contributed by atoms with Crippen molar-refractivity contribution in [3.8, 4) is 11.3 Å². The zero-order chi connectivity index (χ0) is 24.0. The van der Waals surface area contributed by atoms with E-state index in [0.29, 0.717) is 28.8 Å². The van der Waals surface area contributed by atoms with Crippen LogP contribution in [0.3, 0.4) is 0 Å². The molecule has 3 N–H and O–H groups in total. The van der Waals surface area contributed by atoms with E-state index < -0.39 is 5.54 Å². The van der Waals surface area contributed by atoms with E-state index in [1.54, 1.807) is 13.1 Å². The van der Waals surface area contributed by atoms with E-state index in [1.165, 1.54) is 6.26 Å². The van der Waals surface area contributed by atoms with Gasteiger partial charge >= 0.3 is 0 Å². The number of H-pyrrole nitrogens is 1. The Balaban J connectivity index is 1.40. The molecule has 0 saturated heterocycles. The van der Waals surface area contributed by atoms with Gasteiger partial charge in [0.1, 0.15) is 17.4 Å². The van der Waals surface area contributed by atoms with Gasteiger partial charge in [-0.1, -0.05) is 5.16 Å². The van der Waals surface area contributed by atoms with Crippen molar-refractivity contribution >= 4 is 17.5 Å². The number of nitrogens with zero attached hydrogens (tertiary/aromatic N) is 3. The van der Waals surface area contributed by atoms with Crippen LogP contribution in [0.2, 0.25) is 0 Å². The van der Waals surface area contributed by atoms with Gasteiger partial charge in [-0.05, 0) is 83.3 Å². The first-order valence-electron chi connectivity index (χ1n) is 11.8. The lowest BCUT2D eigenvalue weighted by molar-refractivity contribution is -0.124. The van der Waals surface area contributed by atoms with Crippen molar-refractivity contribution in [2.45, 2.75) is 58.9 Å². The van der Waals surface area contributed by atoms with Gasteiger partial charge in [0, 0.05) is 11.3 Å². The third-order valence-corrected chi connectivity index (χ3v) is 7.17. The van der Waals surface area contributed by atoms with E-state index in [0.717, 1.165) is 48.3 Å². The standard InChI is InChI=1S/C25H30N6O3/c1-13-19(12-34-31-13)23(32)28-25(4,22(16-5-6-16)17-7-8-17)24(33)27-18-9-10-20(26-11-18)21-14(2)29-30-15(21)3/h9-12,16-17,22H,5-8H2,1-4H3,(H,27,33)(H,28,32)(H,29,30). The summed E-state index contributed by atoms with van der Waals surface area (Å²) in [6, 6.07) is 3.71.